The summed E-state index contributed by atoms with van der Waals surface area (Å²) >= 11 is 9.31. The lowest BCUT2D eigenvalue weighted by Crippen LogP contribution is -2.13. The Morgan fingerprint density at radius 1 is 1.18 bits per heavy atom. The van der Waals surface area contributed by atoms with Crippen molar-refractivity contribution in [2.24, 2.45) is 0 Å². The number of hydrogen-bond donors (Lipinski definition) is 1. The minimum atomic E-state index is -0.524. The van der Waals surface area contributed by atoms with Gasteiger partial charge in [0, 0.05) is 10.2 Å². The largest absolute Gasteiger partial charge is 0.462 e. The number of benzene rings is 2. The molecule has 6 heteroatoms. The topological polar surface area (TPSA) is 55.4 Å². The molecule has 114 valence electrons. The summed E-state index contributed by atoms with van der Waals surface area (Å²) in [7, 11) is 0. The van der Waals surface area contributed by atoms with Crippen molar-refractivity contribution in [2.75, 3.05) is 11.9 Å². The lowest BCUT2D eigenvalue weighted by Gasteiger charge is -2.09. The molecule has 0 bridgehead atoms. The van der Waals surface area contributed by atoms with Crippen molar-refractivity contribution < 1.29 is 14.3 Å². The summed E-state index contributed by atoms with van der Waals surface area (Å²) in [6.07, 6.45) is 0. The number of rotatable bonds is 4. The molecule has 2 aromatic carbocycles. The van der Waals surface area contributed by atoms with Crippen LogP contribution in [0, 0.1) is 0 Å². The Labute approximate surface area is 141 Å². The molecule has 2 aromatic rings. The number of carbonyl (C=O) groups is 2. The van der Waals surface area contributed by atoms with Gasteiger partial charge in [-0.05, 0) is 53.2 Å². The van der Waals surface area contributed by atoms with E-state index < -0.39 is 5.97 Å². The molecule has 0 spiro atoms. The van der Waals surface area contributed by atoms with Gasteiger partial charge in [-0.25, -0.2) is 4.79 Å². The second kappa shape index (κ2) is 7.42. The first-order valence-electron chi connectivity index (χ1n) is 6.55. The summed E-state index contributed by atoms with van der Waals surface area (Å²) in [6, 6.07) is 11.7. The fraction of sp³-hybridized carbons (Fsp3) is 0.125. The van der Waals surface area contributed by atoms with E-state index in [0.717, 1.165) is 0 Å². The maximum atomic E-state index is 12.2. The third-order valence-electron chi connectivity index (χ3n) is 2.84. The fourth-order valence-electron chi connectivity index (χ4n) is 1.81. The van der Waals surface area contributed by atoms with Crippen molar-refractivity contribution in [3.05, 3.63) is 63.1 Å². The molecule has 0 heterocycles. The van der Waals surface area contributed by atoms with Gasteiger partial charge in [-0.1, -0.05) is 23.7 Å². The van der Waals surface area contributed by atoms with Crippen molar-refractivity contribution in [3.63, 3.8) is 0 Å². The van der Waals surface area contributed by atoms with Crippen LogP contribution in [0.5, 0.6) is 0 Å². The average Bonchev–Trinajstić information content (AvgIpc) is 2.49. The van der Waals surface area contributed by atoms with Crippen LogP contribution in [0.15, 0.2) is 46.9 Å². The number of nitrogens with one attached hydrogen (secondary N) is 1. The van der Waals surface area contributed by atoms with Crippen LogP contribution in [-0.2, 0) is 4.74 Å². The van der Waals surface area contributed by atoms with Gasteiger partial charge in [-0.15, -0.1) is 0 Å². The standard InChI is InChI=1S/C16H13BrClNO3/c1-2-22-16(21)12-9-10(7-8-14(12)18)19-15(20)11-5-3-4-6-13(11)17/h3-9H,2H2,1H3,(H,19,20). The first kappa shape index (κ1) is 16.5. The number of anilines is 1. The minimum absolute atomic E-state index is 0.216. The molecule has 0 aliphatic rings. The quantitative estimate of drug-likeness (QED) is 0.790. The highest BCUT2D eigenvalue weighted by Crippen LogP contribution is 2.23. The molecule has 0 fully saturated rings. The van der Waals surface area contributed by atoms with Crippen LogP contribution in [0.1, 0.15) is 27.6 Å². The Morgan fingerprint density at radius 3 is 2.59 bits per heavy atom. The summed E-state index contributed by atoms with van der Waals surface area (Å²) in [4.78, 5) is 24.0. The SMILES string of the molecule is CCOC(=O)c1cc(NC(=O)c2ccccc2Br)ccc1Cl. The van der Waals surface area contributed by atoms with Crippen molar-refractivity contribution >= 4 is 45.1 Å². The molecule has 0 atom stereocenters. The minimum Gasteiger partial charge on any atom is -0.462 e. The van der Waals surface area contributed by atoms with Crippen LogP contribution in [-0.4, -0.2) is 18.5 Å². The number of carbonyl (C=O) groups excluding carboxylic acids is 2. The fourth-order valence-corrected chi connectivity index (χ4v) is 2.47. The summed E-state index contributed by atoms with van der Waals surface area (Å²) in [5.41, 5.74) is 1.18. The molecule has 2 rings (SSSR count). The number of ether oxygens (including phenoxy) is 1. The Balaban J connectivity index is 2.23. The van der Waals surface area contributed by atoms with Gasteiger partial charge < -0.3 is 10.1 Å². The van der Waals surface area contributed by atoms with Gasteiger partial charge in [0.15, 0.2) is 0 Å². The van der Waals surface area contributed by atoms with Crippen molar-refractivity contribution in [3.8, 4) is 0 Å². The molecule has 4 nitrogen and oxygen atoms in total. The van der Waals surface area contributed by atoms with Crippen LogP contribution < -0.4 is 5.32 Å². The molecule has 0 radical (unpaired) electrons. The highest BCUT2D eigenvalue weighted by Gasteiger charge is 2.14. The Bertz CT molecular complexity index is 718. The lowest BCUT2D eigenvalue weighted by molar-refractivity contribution is 0.0526. The highest BCUT2D eigenvalue weighted by molar-refractivity contribution is 9.10. The van der Waals surface area contributed by atoms with E-state index in [2.05, 4.69) is 21.2 Å². The van der Waals surface area contributed by atoms with E-state index in [0.29, 0.717) is 15.7 Å². The van der Waals surface area contributed by atoms with Crippen LogP contribution in [0.25, 0.3) is 0 Å². The second-order valence-electron chi connectivity index (χ2n) is 4.35. The zero-order valence-corrected chi connectivity index (χ0v) is 14.1. The second-order valence-corrected chi connectivity index (χ2v) is 5.61. The molecule has 0 unspecified atom stereocenters. The van der Waals surface area contributed by atoms with Crippen LogP contribution in [0.3, 0.4) is 0 Å². The van der Waals surface area contributed by atoms with E-state index >= 15 is 0 Å². The third kappa shape index (κ3) is 3.87. The van der Waals surface area contributed by atoms with Gasteiger partial charge in [-0.2, -0.15) is 0 Å². The Hall–Kier alpha value is -1.85. The van der Waals surface area contributed by atoms with Crippen molar-refractivity contribution in [1.82, 2.24) is 0 Å². The normalized spacial score (nSPS) is 10.1. The van der Waals surface area contributed by atoms with Gasteiger partial charge in [0.05, 0.1) is 22.8 Å². The molecule has 1 amide bonds. The van der Waals surface area contributed by atoms with Crippen molar-refractivity contribution in [1.29, 1.82) is 0 Å². The molecular weight excluding hydrogens is 370 g/mol. The van der Waals surface area contributed by atoms with E-state index in [1.165, 1.54) is 6.07 Å². The zero-order valence-electron chi connectivity index (χ0n) is 11.7. The van der Waals surface area contributed by atoms with E-state index in [-0.39, 0.29) is 23.1 Å². The zero-order chi connectivity index (χ0) is 16.1. The average molecular weight is 383 g/mol. The molecule has 0 aromatic heterocycles. The Morgan fingerprint density at radius 2 is 1.91 bits per heavy atom. The monoisotopic (exact) mass is 381 g/mol. The number of hydrogen-bond acceptors (Lipinski definition) is 3. The summed E-state index contributed by atoms with van der Waals surface area (Å²) in [5, 5.41) is 3.00. The predicted molar refractivity (Wildman–Crippen MR) is 89.5 cm³/mol. The molecule has 1 N–H and O–H groups in total. The molecule has 0 aliphatic carbocycles. The maximum absolute atomic E-state index is 12.2. The first-order valence-corrected chi connectivity index (χ1v) is 7.72. The first-order chi connectivity index (χ1) is 10.5. The van der Waals surface area contributed by atoms with Crippen molar-refractivity contribution in [2.45, 2.75) is 6.92 Å². The number of halogens is 2. The molecule has 22 heavy (non-hydrogen) atoms. The molecule has 0 aliphatic heterocycles. The van der Waals surface area contributed by atoms with E-state index in [4.69, 9.17) is 16.3 Å². The van der Waals surface area contributed by atoms with E-state index in [1.54, 1.807) is 37.3 Å². The smallest absolute Gasteiger partial charge is 0.339 e. The molecule has 0 saturated carbocycles. The maximum Gasteiger partial charge on any atom is 0.339 e. The predicted octanol–water partition coefficient (Wildman–Crippen LogP) is 4.53. The molecular formula is C16H13BrClNO3. The molecule has 0 saturated heterocycles. The van der Waals surface area contributed by atoms with Gasteiger partial charge >= 0.3 is 5.97 Å². The van der Waals surface area contributed by atoms with Gasteiger partial charge in [0.1, 0.15) is 0 Å². The summed E-state index contributed by atoms with van der Waals surface area (Å²) in [5.74, 6) is -0.811. The number of amides is 1. The summed E-state index contributed by atoms with van der Waals surface area (Å²) in [6.45, 7) is 1.97. The van der Waals surface area contributed by atoms with Gasteiger partial charge in [0.25, 0.3) is 5.91 Å². The highest BCUT2D eigenvalue weighted by atomic mass is 79.9. The number of esters is 1. The van der Waals surface area contributed by atoms with Crippen LogP contribution in [0.4, 0.5) is 5.69 Å². The van der Waals surface area contributed by atoms with Gasteiger partial charge in [-0.3, -0.25) is 4.79 Å². The Kier molecular flexibility index (Phi) is 5.57. The van der Waals surface area contributed by atoms with E-state index in [1.807, 2.05) is 6.07 Å². The summed E-state index contributed by atoms with van der Waals surface area (Å²) < 4.78 is 5.62. The van der Waals surface area contributed by atoms with E-state index in [9.17, 15) is 9.59 Å². The van der Waals surface area contributed by atoms with Gasteiger partial charge in [0.2, 0.25) is 0 Å². The third-order valence-corrected chi connectivity index (χ3v) is 3.86. The van der Waals surface area contributed by atoms with Crippen LogP contribution >= 0.6 is 27.5 Å². The van der Waals surface area contributed by atoms with Crippen LogP contribution in [0.2, 0.25) is 5.02 Å². The lowest BCUT2D eigenvalue weighted by atomic mass is 10.1.